The maximum atomic E-state index is 14.0. The molecule has 3 N–H and O–H groups in total. The third-order valence-corrected chi connectivity index (χ3v) is 6.19. The number of ether oxygens (including phenoxy) is 1. The number of benzene rings is 2. The number of aromatic amines is 1. The maximum absolute atomic E-state index is 14.0. The summed E-state index contributed by atoms with van der Waals surface area (Å²) in [5.41, 5.74) is 2.45. The summed E-state index contributed by atoms with van der Waals surface area (Å²) >= 11 is 8.93. The predicted molar refractivity (Wildman–Crippen MR) is 141 cm³/mol. The maximum Gasteiger partial charge on any atom is 0.273 e. The Morgan fingerprint density at radius 2 is 1.86 bits per heavy atom. The van der Waals surface area contributed by atoms with Crippen molar-refractivity contribution in [1.82, 2.24) is 15.2 Å². The lowest BCUT2D eigenvalue weighted by atomic mass is 10.2. The monoisotopic (exact) mass is 547 g/mol. The van der Waals surface area contributed by atoms with Crippen molar-refractivity contribution < 1.29 is 18.3 Å². The molecule has 1 amide bonds. The molecule has 2 heterocycles. The van der Waals surface area contributed by atoms with E-state index in [4.69, 9.17) is 16.3 Å². The molecule has 0 unspecified atom stereocenters. The third-order valence-electron chi connectivity index (χ3n) is 4.82. The van der Waals surface area contributed by atoms with Gasteiger partial charge in [0.1, 0.15) is 35.3 Å². The first-order valence-corrected chi connectivity index (χ1v) is 13.3. The van der Waals surface area contributed by atoms with Crippen LogP contribution in [0.25, 0.3) is 11.4 Å². The van der Waals surface area contributed by atoms with Crippen LogP contribution < -0.4 is 14.8 Å². The summed E-state index contributed by atoms with van der Waals surface area (Å²) in [6.45, 7) is -0.0115. The number of carbonyl (C=O) groups excluding carboxylic acids is 1. The van der Waals surface area contributed by atoms with Crippen molar-refractivity contribution in [2.75, 3.05) is 22.6 Å². The number of rotatable bonds is 9. The molecule has 0 saturated carbocycles. The molecule has 36 heavy (non-hydrogen) atoms. The second-order valence-corrected chi connectivity index (χ2v) is 9.37. The van der Waals surface area contributed by atoms with Gasteiger partial charge in [0.15, 0.2) is 5.75 Å². The number of aromatic nitrogens is 3. The van der Waals surface area contributed by atoms with Gasteiger partial charge in [-0.25, -0.2) is 13.8 Å². The van der Waals surface area contributed by atoms with Crippen molar-refractivity contribution in [2.45, 2.75) is 11.5 Å². The minimum Gasteiger partial charge on any atom is -0.486 e. The molecular weight excluding hydrogens is 528 g/mol. The van der Waals surface area contributed by atoms with Crippen molar-refractivity contribution in [3.63, 3.8) is 0 Å². The van der Waals surface area contributed by atoms with Gasteiger partial charge in [0.2, 0.25) is 0 Å². The number of hydrogen-bond donors (Lipinski definition) is 3. The van der Waals surface area contributed by atoms with Crippen LogP contribution in [-0.4, -0.2) is 33.6 Å². The Morgan fingerprint density at radius 1 is 1.06 bits per heavy atom. The molecule has 0 atom stereocenters. The quantitative estimate of drug-likeness (QED) is 0.160. The minimum absolute atomic E-state index is 0.0115. The lowest BCUT2D eigenvalue weighted by Crippen LogP contribution is -2.12. The molecule has 0 spiro atoms. The number of hydrogen-bond acceptors (Lipinski definition) is 7. The van der Waals surface area contributed by atoms with Crippen LogP contribution in [-0.2, 0) is 6.61 Å². The van der Waals surface area contributed by atoms with E-state index in [-0.39, 0.29) is 29.4 Å². The van der Waals surface area contributed by atoms with Crippen LogP contribution in [0.3, 0.4) is 0 Å². The fraction of sp³-hybridized carbons (Fsp3) is 0.125. The van der Waals surface area contributed by atoms with Gasteiger partial charge in [-0.15, -0.1) is 11.8 Å². The smallest absolute Gasteiger partial charge is 0.273 e. The van der Waals surface area contributed by atoms with Gasteiger partial charge in [0, 0.05) is 33.6 Å². The zero-order valence-corrected chi connectivity index (χ0v) is 21.5. The number of nitrogens with one attached hydrogen (secondary N) is 3. The van der Waals surface area contributed by atoms with Gasteiger partial charge in [0.05, 0.1) is 6.20 Å². The van der Waals surface area contributed by atoms with Gasteiger partial charge in [-0.2, -0.15) is 5.10 Å². The van der Waals surface area contributed by atoms with Crippen LogP contribution in [0.2, 0.25) is 5.02 Å². The number of halogens is 3. The fourth-order valence-corrected chi connectivity index (χ4v) is 4.39. The molecule has 0 aliphatic rings. The summed E-state index contributed by atoms with van der Waals surface area (Å²) in [6.07, 6.45) is 4.73. The molecule has 0 saturated heterocycles. The Hall–Kier alpha value is -3.28. The topological polar surface area (TPSA) is 91.9 Å². The predicted octanol–water partition coefficient (Wildman–Crippen LogP) is 6.65. The molecule has 2 aromatic carbocycles. The van der Waals surface area contributed by atoms with E-state index in [2.05, 4.69) is 25.2 Å². The fourth-order valence-electron chi connectivity index (χ4n) is 3.30. The molecule has 2 aromatic heterocycles. The summed E-state index contributed by atoms with van der Waals surface area (Å²) in [4.78, 5) is 17.6. The summed E-state index contributed by atoms with van der Waals surface area (Å²) < 4.78 is 36.6. The first-order chi connectivity index (χ1) is 17.3. The molecule has 7 nitrogen and oxygen atoms in total. The van der Waals surface area contributed by atoms with Gasteiger partial charge < -0.3 is 14.8 Å². The Morgan fingerprint density at radius 3 is 2.64 bits per heavy atom. The average Bonchev–Trinajstić information content (AvgIpc) is 3.32. The van der Waals surface area contributed by atoms with E-state index in [1.54, 1.807) is 24.3 Å². The highest BCUT2D eigenvalue weighted by atomic mass is 35.5. The zero-order valence-electron chi connectivity index (χ0n) is 19.1. The molecule has 0 aliphatic heterocycles. The Bertz CT molecular complexity index is 1400. The Balaban J connectivity index is 1.53. The molecule has 12 heteroatoms. The van der Waals surface area contributed by atoms with Crippen LogP contribution in [0.15, 0.2) is 59.6 Å². The van der Waals surface area contributed by atoms with Gasteiger partial charge >= 0.3 is 0 Å². The van der Waals surface area contributed by atoms with Crippen LogP contribution in [0.1, 0.15) is 16.1 Å². The summed E-state index contributed by atoms with van der Waals surface area (Å²) in [5.74, 6) is -1.36. The van der Waals surface area contributed by atoms with Crippen molar-refractivity contribution in [2.24, 2.45) is 0 Å². The van der Waals surface area contributed by atoms with E-state index >= 15 is 0 Å². The normalized spacial score (nSPS) is 10.8. The van der Waals surface area contributed by atoms with Crippen LogP contribution in [0.4, 0.5) is 20.2 Å². The van der Waals surface area contributed by atoms with Crippen molar-refractivity contribution >= 4 is 52.6 Å². The van der Waals surface area contributed by atoms with Gasteiger partial charge in [0.25, 0.3) is 5.91 Å². The first-order valence-electron chi connectivity index (χ1n) is 10.4. The molecule has 186 valence electrons. The lowest BCUT2D eigenvalue weighted by Gasteiger charge is -2.10. The van der Waals surface area contributed by atoms with E-state index in [0.717, 1.165) is 22.8 Å². The minimum atomic E-state index is -0.609. The summed E-state index contributed by atoms with van der Waals surface area (Å²) in [5, 5.41) is 10.0. The molecule has 0 radical (unpaired) electrons. The highest BCUT2D eigenvalue weighted by molar-refractivity contribution is 7.99. The van der Waals surface area contributed by atoms with E-state index in [1.165, 1.54) is 41.9 Å². The van der Waals surface area contributed by atoms with E-state index in [0.29, 0.717) is 16.3 Å². The highest BCUT2D eigenvalue weighted by Crippen LogP contribution is 2.30. The van der Waals surface area contributed by atoms with Gasteiger partial charge in [-0.3, -0.25) is 9.89 Å². The molecule has 4 rings (SSSR count). The summed E-state index contributed by atoms with van der Waals surface area (Å²) in [7, 11) is 0. The molecule has 4 aromatic rings. The average molecular weight is 548 g/mol. The SMILES string of the molecule is CSNc1cc(Cl)cc(NC(=O)c2cc(-c3ncc(F)cc3OCc3cc(F)cc(SC)c3)n[nH]2)c1. The zero-order chi connectivity index (χ0) is 25.7. The van der Waals surface area contributed by atoms with Crippen LogP contribution >= 0.6 is 35.3 Å². The van der Waals surface area contributed by atoms with E-state index < -0.39 is 17.5 Å². The second-order valence-electron chi connectivity index (χ2n) is 7.44. The van der Waals surface area contributed by atoms with Crippen LogP contribution in [0, 0.1) is 11.6 Å². The number of carbonyl (C=O) groups is 1. The highest BCUT2D eigenvalue weighted by Gasteiger charge is 2.17. The third kappa shape index (κ3) is 6.48. The van der Waals surface area contributed by atoms with Gasteiger partial charge in [-0.1, -0.05) is 23.5 Å². The Kier molecular flexibility index (Phi) is 8.34. The van der Waals surface area contributed by atoms with Crippen molar-refractivity contribution in [3.8, 4) is 17.1 Å². The summed E-state index contributed by atoms with van der Waals surface area (Å²) in [6, 6.07) is 12.3. The number of H-pyrrole nitrogens is 1. The van der Waals surface area contributed by atoms with Crippen LogP contribution in [0.5, 0.6) is 5.75 Å². The molecular formula is C24H20ClF2N5O2S2. The second kappa shape index (κ2) is 11.6. The number of amides is 1. The first kappa shape index (κ1) is 25.8. The van der Waals surface area contributed by atoms with Crippen molar-refractivity contribution in [3.05, 3.63) is 82.6 Å². The van der Waals surface area contributed by atoms with E-state index in [9.17, 15) is 13.6 Å². The van der Waals surface area contributed by atoms with Gasteiger partial charge in [-0.05, 0) is 54.3 Å². The molecule has 0 fully saturated rings. The van der Waals surface area contributed by atoms with Crippen molar-refractivity contribution in [1.29, 1.82) is 0 Å². The largest absolute Gasteiger partial charge is 0.486 e. The lowest BCUT2D eigenvalue weighted by molar-refractivity contribution is 0.102. The number of anilines is 2. The molecule has 0 bridgehead atoms. The molecule has 0 aliphatic carbocycles. The number of thioether (sulfide) groups is 1. The Labute approximate surface area is 219 Å². The standard InChI is InChI=1S/C24H20ClF2N5O2S2/c1-35-19-4-13(3-15(26)7-19)12-34-22-8-16(27)11-28-23(22)20-10-21(31-30-20)24(33)29-17-5-14(25)6-18(9-17)32-36-2/h3-11,32H,12H2,1-2H3,(H,29,33)(H,30,31). The number of pyridine rings is 1. The number of nitrogens with zero attached hydrogens (tertiary/aromatic N) is 2. The van der Waals surface area contributed by atoms with E-state index in [1.807, 2.05) is 12.5 Å².